The Hall–Kier alpha value is -2.64. The average molecular weight is 451 g/mol. The van der Waals surface area contributed by atoms with E-state index in [0.29, 0.717) is 20.6 Å². The molecule has 0 aliphatic rings. The Morgan fingerprint density at radius 1 is 1.11 bits per heavy atom. The average Bonchev–Trinajstić information content (AvgIpc) is 2.63. The van der Waals surface area contributed by atoms with Gasteiger partial charge in [-0.1, -0.05) is 35.9 Å². The SMILES string of the molecule is C[C@H](NC(=O)/C(=C/c1ccc(Cl)cc1)NC(=O)c1ccccc1Br)C(=O)[O-]. The molecule has 2 amide bonds. The Morgan fingerprint density at radius 2 is 1.74 bits per heavy atom. The summed E-state index contributed by atoms with van der Waals surface area (Å²) in [6, 6.07) is 12.0. The molecule has 140 valence electrons. The molecule has 0 saturated heterocycles. The van der Waals surface area contributed by atoms with Crippen LogP contribution < -0.4 is 15.7 Å². The Morgan fingerprint density at radius 3 is 2.33 bits per heavy atom. The van der Waals surface area contributed by atoms with Crippen LogP contribution in [0, 0.1) is 0 Å². The number of rotatable bonds is 6. The maximum atomic E-state index is 12.5. The van der Waals surface area contributed by atoms with Gasteiger partial charge in [0.1, 0.15) is 5.70 Å². The Labute approximate surface area is 169 Å². The van der Waals surface area contributed by atoms with Gasteiger partial charge in [-0.15, -0.1) is 0 Å². The van der Waals surface area contributed by atoms with Crippen molar-refractivity contribution in [1.29, 1.82) is 0 Å². The fourth-order valence-corrected chi connectivity index (χ4v) is 2.64. The van der Waals surface area contributed by atoms with Gasteiger partial charge in [0, 0.05) is 9.50 Å². The number of benzene rings is 2. The first kappa shape index (κ1) is 20.7. The second kappa shape index (κ2) is 9.34. The van der Waals surface area contributed by atoms with Gasteiger partial charge in [-0.25, -0.2) is 0 Å². The van der Waals surface area contributed by atoms with Crippen LogP contribution in [0.5, 0.6) is 0 Å². The van der Waals surface area contributed by atoms with E-state index in [2.05, 4.69) is 26.6 Å². The lowest BCUT2D eigenvalue weighted by Gasteiger charge is -2.17. The summed E-state index contributed by atoms with van der Waals surface area (Å²) in [6.45, 7) is 1.27. The van der Waals surface area contributed by atoms with Crippen molar-refractivity contribution >= 4 is 51.4 Å². The number of amides is 2. The number of carbonyl (C=O) groups is 3. The number of hydrogen-bond acceptors (Lipinski definition) is 4. The predicted molar refractivity (Wildman–Crippen MR) is 104 cm³/mol. The molecule has 0 aromatic heterocycles. The Kier molecular flexibility index (Phi) is 7.15. The first-order valence-electron chi connectivity index (χ1n) is 7.83. The number of carboxylic acid groups (broad SMARTS) is 1. The van der Waals surface area contributed by atoms with Crippen molar-refractivity contribution in [2.45, 2.75) is 13.0 Å². The molecule has 8 heteroatoms. The van der Waals surface area contributed by atoms with Gasteiger partial charge in [0.05, 0.1) is 17.6 Å². The molecule has 0 bridgehead atoms. The third-order valence-corrected chi connectivity index (χ3v) is 4.44. The summed E-state index contributed by atoms with van der Waals surface area (Å²) in [5.74, 6) is -2.73. The Bertz CT molecular complexity index is 897. The minimum absolute atomic E-state index is 0.119. The van der Waals surface area contributed by atoms with E-state index in [1.54, 1.807) is 48.5 Å². The highest BCUT2D eigenvalue weighted by Gasteiger charge is 2.18. The van der Waals surface area contributed by atoms with Crippen LogP contribution >= 0.6 is 27.5 Å². The van der Waals surface area contributed by atoms with E-state index in [4.69, 9.17) is 11.6 Å². The van der Waals surface area contributed by atoms with E-state index in [1.807, 2.05) is 0 Å². The van der Waals surface area contributed by atoms with Crippen LogP contribution in [0.3, 0.4) is 0 Å². The number of halogens is 2. The molecular formula is C19H15BrClN2O4-. The largest absolute Gasteiger partial charge is 0.548 e. The summed E-state index contributed by atoms with van der Waals surface area (Å²) < 4.78 is 0.553. The highest BCUT2D eigenvalue weighted by molar-refractivity contribution is 9.10. The summed E-state index contributed by atoms with van der Waals surface area (Å²) in [5, 5.41) is 16.2. The van der Waals surface area contributed by atoms with Crippen molar-refractivity contribution < 1.29 is 19.5 Å². The number of carboxylic acids is 1. The molecule has 2 N–H and O–H groups in total. The molecule has 0 aliphatic carbocycles. The molecule has 2 aromatic carbocycles. The minimum atomic E-state index is -1.44. The van der Waals surface area contributed by atoms with Gasteiger partial charge in [0.15, 0.2) is 0 Å². The maximum Gasteiger partial charge on any atom is 0.268 e. The molecule has 2 aromatic rings. The third-order valence-electron chi connectivity index (χ3n) is 3.49. The predicted octanol–water partition coefficient (Wildman–Crippen LogP) is 2.13. The molecule has 6 nitrogen and oxygen atoms in total. The quantitative estimate of drug-likeness (QED) is 0.659. The summed E-state index contributed by atoms with van der Waals surface area (Å²) in [7, 11) is 0. The van der Waals surface area contributed by atoms with Gasteiger partial charge in [-0.05, 0) is 58.8 Å². The molecular weight excluding hydrogens is 436 g/mol. The van der Waals surface area contributed by atoms with Crippen molar-refractivity contribution in [3.05, 3.63) is 74.9 Å². The van der Waals surface area contributed by atoms with Crippen molar-refractivity contribution in [2.75, 3.05) is 0 Å². The zero-order valence-corrected chi connectivity index (χ0v) is 16.5. The van der Waals surface area contributed by atoms with Gasteiger partial charge in [-0.2, -0.15) is 0 Å². The molecule has 27 heavy (non-hydrogen) atoms. The molecule has 0 unspecified atom stereocenters. The van der Waals surface area contributed by atoms with Crippen LogP contribution in [0.15, 0.2) is 58.7 Å². The lowest BCUT2D eigenvalue weighted by molar-refractivity contribution is -0.307. The molecule has 1 atom stereocenters. The van der Waals surface area contributed by atoms with Crippen LogP contribution in [0.4, 0.5) is 0 Å². The van der Waals surface area contributed by atoms with Crippen molar-refractivity contribution in [1.82, 2.24) is 10.6 Å². The highest BCUT2D eigenvalue weighted by Crippen LogP contribution is 2.17. The Balaban J connectivity index is 2.32. The molecule has 0 radical (unpaired) electrons. The summed E-state index contributed by atoms with van der Waals surface area (Å²) in [5.41, 5.74) is 0.796. The van der Waals surface area contributed by atoms with E-state index in [9.17, 15) is 19.5 Å². The van der Waals surface area contributed by atoms with Gasteiger partial charge >= 0.3 is 0 Å². The van der Waals surface area contributed by atoms with Crippen LogP contribution in [0.1, 0.15) is 22.8 Å². The number of nitrogens with one attached hydrogen (secondary N) is 2. The number of aliphatic carboxylic acids is 1. The van der Waals surface area contributed by atoms with E-state index in [1.165, 1.54) is 13.0 Å². The standard InChI is InChI=1S/C19H16BrClN2O4/c1-11(19(26)27)22-18(25)16(10-12-6-8-13(21)9-7-12)23-17(24)14-4-2-3-5-15(14)20/h2-11H,1H3,(H,22,25)(H,23,24)(H,26,27)/p-1/b16-10-/t11-/m0/s1. The lowest BCUT2D eigenvalue weighted by atomic mass is 10.1. The normalized spacial score (nSPS) is 12.2. The van der Waals surface area contributed by atoms with Crippen LogP contribution in [0.25, 0.3) is 6.08 Å². The molecule has 0 aliphatic heterocycles. The van der Waals surface area contributed by atoms with Crippen LogP contribution in [-0.4, -0.2) is 23.8 Å². The monoisotopic (exact) mass is 449 g/mol. The molecule has 0 spiro atoms. The van der Waals surface area contributed by atoms with Crippen LogP contribution in [-0.2, 0) is 9.59 Å². The van der Waals surface area contributed by atoms with Crippen molar-refractivity contribution in [3.8, 4) is 0 Å². The fourth-order valence-electron chi connectivity index (χ4n) is 2.05. The zero-order valence-electron chi connectivity index (χ0n) is 14.2. The fraction of sp³-hybridized carbons (Fsp3) is 0.105. The van der Waals surface area contributed by atoms with Crippen molar-refractivity contribution in [2.24, 2.45) is 0 Å². The minimum Gasteiger partial charge on any atom is -0.548 e. The summed E-state index contributed by atoms with van der Waals surface area (Å²) in [4.78, 5) is 35.9. The first-order valence-corrected chi connectivity index (χ1v) is 9.00. The van der Waals surface area contributed by atoms with E-state index < -0.39 is 23.8 Å². The second-order valence-electron chi connectivity index (χ2n) is 5.56. The van der Waals surface area contributed by atoms with E-state index in [0.717, 1.165) is 0 Å². The highest BCUT2D eigenvalue weighted by atomic mass is 79.9. The number of carbonyl (C=O) groups excluding carboxylic acids is 3. The zero-order chi connectivity index (χ0) is 20.0. The van der Waals surface area contributed by atoms with Crippen LogP contribution in [0.2, 0.25) is 5.02 Å². The van der Waals surface area contributed by atoms with Gasteiger partial charge in [0.25, 0.3) is 11.8 Å². The second-order valence-corrected chi connectivity index (χ2v) is 6.85. The molecule has 0 heterocycles. The van der Waals surface area contributed by atoms with Crippen molar-refractivity contribution in [3.63, 3.8) is 0 Å². The van der Waals surface area contributed by atoms with Gasteiger partial charge in [-0.3, -0.25) is 9.59 Å². The topological polar surface area (TPSA) is 98.3 Å². The number of hydrogen-bond donors (Lipinski definition) is 2. The lowest BCUT2D eigenvalue weighted by Crippen LogP contribution is -2.48. The van der Waals surface area contributed by atoms with Gasteiger partial charge < -0.3 is 20.5 Å². The van der Waals surface area contributed by atoms with Gasteiger partial charge in [0.2, 0.25) is 0 Å². The van der Waals surface area contributed by atoms with E-state index in [-0.39, 0.29) is 5.70 Å². The third kappa shape index (κ3) is 5.94. The molecule has 0 fully saturated rings. The summed E-state index contributed by atoms with van der Waals surface area (Å²) >= 11 is 9.13. The van der Waals surface area contributed by atoms with E-state index >= 15 is 0 Å². The summed E-state index contributed by atoms with van der Waals surface area (Å²) in [6.07, 6.45) is 1.42. The smallest absolute Gasteiger partial charge is 0.268 e. The molecule has 0 saturated carbocycles. The maximum absolute atomic E-state index is 12.5. The molecule has 2 rings (SSSR count). The first-order chi connectivity index (χ1) is 12.8.